The normalized spacial score (nSPS) is 16.7. The van der Waals surface area contributed by atoms with Crippen molar-refractivity contribution >= 4 is 16.9 Å². The van der Waals surface area contributed by atoms with Crippen molar-refractivity contribution in [3.63, 3.8) is 0 Å². The van der Waals surface area contributed by atoms with Gasteiger partial charge in [-0.2, -0.15) is 0 Å². The van der Waals surface area contributed by atoms with Crippen LogP contribution < -0.4 is 11.0 Å². The molecule has 0 radical (unpaired) electrons. The largest absolute Gasteiger partial charge is 0.380 e. The number of ether oxygens (including phenoxy) is 1. The van der Waals surface area contributed by atoms with E-state index in [9.17, 15) is 9.59 Å². The summed E-state index contributed by atoms with van der Waals surface area (Å²) in [7, 11) is 0. The zero-order chi connectivity index (χ0) is 18.6. The first kappa shape index (κ1) is 18.7. The second kappa shape index (κ2) is 8.08. The number of hydrogen-bond donors (Lipinski definition) is 2. The van der Waals surface area contributed by atoms with Gasteiger partial charge >= 0.3 is 5.69 Å². The maximum Gasteiger partial charge on any atom is 0.326 e. The van der Waals surface area contributed by atoms with Gasteiger partial charge in [-0.15, -0.1) is 0 Å². The quantitative estimate of drug-likeness (QED) is 0.746. The van der Waals surface area contributed by atoms with Crippen LogP contribution in [-0.4, -0.2) is 35.2 Å². The molecule has 26 heavy (non-hydrogen) atoms. The van der Waals surface area contributed by atoms with E-state index in [1.165, 1.54) is 32.1 Å². The number of rotatable bonds is 7. The summed E-state index contributed by atoms with van der Waals surface area (Å²) in [5.74, 6) is -0.0818. The topological polar surface area (TPSA) is 76.1 Å². The van der Waals surface area contributed by atoms with Crippen molar-refractivity contribution in [1.29, 1.82) is 0 Å². The van der Waals surface area contributed by atoms with Crippen molar-refractivity contribution in [2.75, 3.05) is 19.8 Å². The van der Waals surface area contributed by atoms with Crippen LogP contribution in [0.15, 0.2) is 23.0 Å². The van der Waals surface area contributed by atoms with Crippen molar-refractivity contribution < 1.29 is 9.53 Å². The maximum atomic E-state index is 12.5. The highest BCUT2D eigenvalue weighted by Gasteiger charge is 2.27. The van der Waals surface area contributed by atoms with E-state index in [2.05, 4.69) is 17.2 Å². The molecule has 1 aliphatic rings. The van der Waals surface area contributed by atoms with Gasteiger partial charge in [0, 0.05) is 18.7 Å². The van der Waals surface area contributed by atoms with Crippen molar-refractivity contribution in [1.82, 2.24) is 14.9 Å². The third-order valence-electron chi connectivity index (χ3n) is 5.44. The molecule has 1 amide bonds. The van der Waals surface area contributed by atoms with Gasteiger partial charge in [0.1, 0.15) is 0 Å². The van der Waals surface area contributed by atoms with Gasteiger partial charge in [-0.05, 0) is 43.4 Å². The average Bonchev–Trinajstić information content (AvgIpc) is 2.95. The Labute approximate surface area is 153 Å². The zero-order valence-electron chi connectivity index (χ0n) is 15.8. The molecule has 1 aliphatic carbocycles. The number of imidazole rings is 1. The second-order valence-corrected chi connectivity index (χ2v) is 7.56. The van der Waals surface area contributed by atoms with E-state index in [0.29, 0.717) is 37.4 Å². The lowest BCUT2D eigenvalue weighted by atomic mass is 9.76. The summed E-state index contributed by atoms with van der Waals surface area (Å²) < 4.78 is 6.98. The molecule has 142 valence electrons. The molecule has 0 bridgehead atoms. The number of fused-ring (bicyclic) bond motifs is 1. The summed E-state index contributed by atoms with van der Waals surface area (Å²) in [4.78, 5) is 27.5. The van der Waals surface area contributed by atoms with Crippen LogP contribution in [0, 0.1) is 5.41 Å². The fourth-order valence-electron chi connectivity index (χ4n) is 3.80. The fourth-order valence-corrected chi connectivity index (χ4v) is 3.80. The van der Waals surface area contributed by atoms with Crippen LogP contribution in [0.1, 0.15) is 56.3 Å². The van der Waals surface area contributed by atoms with E-state index < -0.39 is 0 Å². The predicted molar refractivity (Wildman–Crippen MR) is 103 cm³/mol. The van der Waals surface area contributed by atoms with Gasteiger partial charge in [-0.3, -0.25) is 9.36 Å². The third kappa shape index (κ3) is 4.18. The second-order valence-electron chi connectivity index (χ2n) is 7.56. The first-order valence-electron chi connectivity index (χ1n) is 9.61. The number of aromatic nitrogens is 2. The van der Waals surface area contributed by atoms with Crippen molar-refractivity contribution in [3.8, 4) is 0 Å². The van der Waals surface area contributed by atoms with Gasteiger partial charge in [0.15, 0.2) is 0 Å². The van der Waals surface area contributed by atoms with E-state index in [1.807, 2.05) is 13.0 Å². The Morgan fingerprint density at radius 1 is 1.31 bits per heavy atom. The number of carbonyl (C=O) groups excluding carboxylic acids is 1. The predicted octanol–water partition coefficient (Wildman–Crippen LogP) is 3.07. The molecule has 0 aliphatic heterocycles. The SMILES string of the molecule is CCOCCn1c(=O)[nH]c2cc(C(=O)NCC3(C)CCCCC3)ccc21. The Hall–Kier alpha value is -2.08. The number of nitrogens with zero attached hydrogens (tertiary/aromatic N) is 1. The highest BCUT2D eigenvalue weighted by Crippen LogP contribution is 2.34. The molecular formula is C20H29N3O3. The van der Waals surface area contributed by atoms with Crippen molar-refractivity contribution in [2.24, 2.45) is 5.41 Å². The molecule has 0 saturated heterocycles. The lowest BCUT2D eigenvalue weighted by Gasteiger charge is -2.33. The Balaban J connectivity index is 1.70. The Morgan fingerprint density at radius 3 is 2.81 bits per heavy atom. The molecule has 0 unspecified atom stereocenters. The van der Waals surface area contributed by atoms with E-state index >= 15 is 0 Å². The summed E-state index contributed by atoms with van der Waals surface area (Å²) in [5.41, 5.74) is 2.09. The summed E-state index contributed by atoms with van der Waals surface area (Å²) in [6, 6.07) is 5.37. The summed E-state index contributed by atoms with van der Waals surface area (Å²) in [6.45, 7) is 6.50. The van der Waals surface area contributed by atoms with Gasteiger partial charge in [-0.25, -0.2) is 4.79 Å². The molecule has 0 spiro atoms. The Kier molecular flexibility index (Phi) is 5.81. The molecule has 6 heteroatoms. The molecule has 1 saturated carbocycles. The number of amides is 1. The molecule has 1 heterocycles. The summed E-state index contributed by atoms with van der Waals surface area (Å²) in [6.07, 6.45) is 6.13. The van der Waals surface area contributed by atoms with Gasteiger partial charge in [0.25, 0.3) is 5.91 Å². The van der Waals surface area contributed by atoms with Gasteiger partial charge in [-0.1, -0.05) is 26.2 Å². The monoisotopic (exact) mass is 359 g/mol. The van der Waals surface area contributed by atoms with Crippen LogP contribution in [0.2, 0.25) is 0 Å². The lowest BCUT2D eigenvalue weighted by Crippen LogP contribution is -2.37. The number of hydrogen-bond acceptors (Lipinski definition) is 3. The Bertz CT molecular complexity index is 815. The van der Waals surface area contributed by atoms with Crippen LogP contribution in [0.4, 0.5) is 0 Å². The smallest absolute Gasteiger partial charge is 0.326 e. The molecule has 0 atom stereocenters. The van der Waals surface area contributed by atoms with Crippen LogP contribution in [-0.2, 0) is 11.3 Å². The number of aromatic amines is 1. The Morgan fingerprint density at radius 2 is 2.08 bits per heavy atom. The summed E-state index contributed by atoms with van der Waals surface area (Å²) >= 11 is 0. The first-order chi connectivity index (χ1) is 12.5. The molecule has 6 nitrogen and oxygen atoms in total. The highest BCUT2D eigenvalue weighted by atomic mass is 16.5. The first-order valence-corrected chi connectivity index (χ1v) is 9.61. The fraction of sp³-hybridized carbons (Fsp3) is 0.600. The summed E-state index contributed by atoms with van der Waals surface area (Å²) in [5, 5.41) is 3.08. The van der Waals surface area contributed by atoms with Crippen LogP contribution in [0.3, 0.4) is 0 Å². The minimum absolute atomic E-state index is 0.0818. The minimum Gasteiger partial charge on any atom is -0.380 e. The van der Waals surface area contributed by atoms with Gasteiger partial charge < -0.3 is 15.0 Å². The molecule has 3 rings (SSSR count). The van der Waals surface area contributed by atoms with Crippen molar-refractivity contribution in [3.05, 3.63) is 34.2 Å². The number of nitrogens with one attached hydrogen (secondary N) is 2. The zero-order valence-corrected chi connectivity index (χ0v) is 15.8. The van der Waals surface area contributed by atoms with Crippen LogP contribution >= 0.6 is 0 Å². The standard InChI is InChI=1S/C20H29N3O3/c1-3-26-12-11-23-17-8-7-15(13-16(17)22-19(23)25)18(24)21-14-20(2)9-5-4-6-10-20/h7-8,13H,3-6,9-12,14H2,1-2H3,(H,21,24)(H,22,25). The van der Waals surface area contributed by atoms with Gasteiger partial charge in [0.2, 0.25) is 0 Å². The van der Waals surface area contributed by atoms with Crippen LogP contribution in [0.5, 0.6) is 0 Å². The van der Waals surface area contributed by atoms with Gasteiger partial charge in [0.05, 0.1) is 24.2 Å². The average molecular weight is 359 g/mol. The molecule has 1 fully saturated rings. The van der Waals surface area contributed by atoms with Crippen molar-refractivity contribution in [2.45, 2.75) is 52.5 Å². The lowest BCUT2D eigenvalue weighted by molar-refractivity contribution is 0.0919. The third-order valence-corrected chi connectivity index (χ3v) is 5.44. The molecule has 1 aromatic carbocycles. The molecule has 1 aromatic heterocycles. The molecular weight excluding hydrogens is 330 g/mol. The maximum absolute atomic E-state index is 12.5. The van der Waals surface area contributed by atoms with E-state index in [-0.39, 0.29) is 17.0 Å². The number of benzene rings is 1. The molecule has 2 N–H and O–H groups in total. The number of H-pyrrole nitrogens is 1. The molecule has 2 aromatic rings. The highest BCUT2D eigenvalue weighted by molar-refractivity contribution is 5.97. The number of carbonyl (C=O) groups is 1. The van der Waals surface area contributed by atoms with E-state index in [0.717, 1.165) is 5.52 Å². The van der Waals surface area contributed by atoms with E-state index in [1.54, 1.807) is 16.7 Å². The van der Waals surface area contributed by atoms with E-state index in [4.69, 9.17) is 4.74 Å². The van der Waals surface area contributed by atoms with Crippen LogP contribution in [0.25, 0.3) is 11.0 Å². The minimum atomic E-state index is -0.174.